The van der Waals surface area contributed by atoms with Crippen molar-refractivity contribution in [3.05, 3.63) is 36.9 Å². The van der Waals surface area contributed by atoms with Crippen molar-refractivity contribution in [2.45, 2.75) is 45.4 Å². The lowest BCUT2D eigenvalue weighted by Gasteiger charge is -2.32. The quantitative estimate of drug-likeness (QED) is 0.818. The van der Waals surface area contributed by atoms with E-state index in [1.165, 1.54) is 6.39 Å². The van der Waals surface area contributed by atoms with Crippen molar-refractivity contribution < 1.29 is 12.8 Å². The van der Waals surface area contributed by atoms with Gasteiger partial charge in [-0.15, -0.1) is 0 Å². The number of nitrogens with zero attached hydrogens (tertiary/aromatic N) is 2. The molecule has 25 heavy (non-hydrogen) atoms. The molecule has 1 saturated heterocycles. The van der Waals surface area contributed by atoms with Crippen LogP contribution in [0.4, 0.5) is 0 Å². The highest BCUT2D eigenvalue weighted by Crippen LogP contribution is 2.42. The molecule has 1 fully saturated rings. The number of hydrogen-bond donors (Lipinski definition) is 0. The van der Waals surface area contributed by atoms with Gasteiger partial charge in [-0.1, -0.05) is 27.7 Å². The molecule has 0 amide bonds. The molecule has 0 saturated carbocycles. The summed E-state index contributed by atoms with van der Waals surface area (Å²) in [4.78, 5) is 4.21. The Morgan fingerprint density at radius 3 is 2.48 bits per heavy atom. The van der Waals surface area contributed by atoms with Gasteiger partial charge in [0.15, 0.2) is 12.2 Å². The van der Waals surface area contributed by atoms with Gasteiger partial charge in [0.25, 0.3) is 0 Å². The lowest BCUT2D eigenvalue weighted by atomic mass is 9.74. The van der Waals surface area contributed by atoms with Crippen LogP contribution in [0.5, 0.6) is 0 Å². The van der Waals surface area contributed by atoms with E-state index in [-0.39, 0.29) is 10.8 Å². The molecule has 0 bridgehead atoms. The van der Waals surface area contributed by atoms with Crippen molar-refractivity contribution in [2.75, 3.05) is 13.1 Å². The molecule has 1 unspecified atom stereocenters. The number of aromatic nitrogens is 1. The zero-order chi connectivity index (χ0) is 18.3. The minimum Gasteiger partial charge on any atom is -0.444 e. The fraction of sp³-hybridized carbons (Fsp3) is 0.526. The summed E-state index contributed by atoms with van der Waals surface area (Å²) in [6, 6.07) is 6.81. The Balaban J connectivity index is 1.78. The summed E-state index contributed by atoms with van der Waals surface area (Å²) in [7, 11) is -3.46. The first-order valence-electron chi connectivity index (χ1n) is 8.58. The third-order valence-corrected chi connectivity index (χ3v) is 6.55. The highest BCUT2D eigenvalue weighted by atomic mass is 32.2. The summed E-state index contributed by atoms with van der Waals surface area (Å²) in [5, 5.41) is 0. The average molecular weight is 362 g/mol. The van der Waals surface area contributed by atoms with E-state index in [9.17, 15) is 8.42 Å². The number of sulfonamides is 1. The SMILES string of the molecule is CC(C)(C)CC1(C)CCN(S(=O)(=O)c2ccc(-c3cnco3)cc2)C1. The highest BCUT2D eigenvalue weighted by Gasteiger charge is 2.41. The molecule has 0 N–H and O–H groups in total. The molecule has 0 spiro atoms. The van der Waals surface area contributed by atoms with Crippen LogP contribution in [0, 0.1) is 10.8 Å². The van der Waals surface area contributed by atoms with E-state index >= 15 is 0 Å². The van der Waals surface area contributed by atoms with E-state index in [1.807, 2.05) is 0 Å². The molecule has 1 aliphatic heterocycles. The Hall–Kier alpha value is -1.66. The van der Waals surface area contributed by atoms with Crippen LogP contribution in [-0.2, 0) is 10.0 Å². The average Bonchev–Trinajstić information content (AvgIpc) is 3.15. The molecule has 2 aromatic rings. The molecule has 0 aliphatic carbocycles. The van der Waals surface area contributed by atoms with Crippen molar-refractivity contribution in [1.29, 1.82) is 0 Å². The maximum atomic E-state index is 13.0. The lowest BCUT2D eigenvalue weighted by molar-refractivity contribution is 0.204. The number of rotatable bonds is 4. The summed E-state index contributed by atoms with van der Waals surface area (Å²) in [5.74, 6) is 0.628. The summed E-state index contributed by atoms with van der Waals surface area (Å²) < 4.78 is 32.8. The predicted molar refractivity (Wildman–Crippen MR) is 97.5 cm³/mol. The molecule has 2 heterocycles. The number of oxazole rings is 1. The van der Waals surface area contributed by atoms with Gasteiger partial charge in [0, 0.05) is 18.7 Å². The fourth-order valence-electron chi connectivity index (χ4n) is 3.91. The van der Waals surface area contributed by atoms with Crippen LogP contribution in [0.3, 0.4) is 0 Å². The minimum absolute atomic E-state index is 0.0328. The first kappa shape index (κ1) is 18.1. The molecule has 6 heteroatoms. The largest absolute Gasteiger partial charge is 0.444 e. The molecule has 1 aromatic heterocycles. The zero-order valence-corrected chi connectivity index (χ0v) is 16.1. The smallest absolute Gasteiger partial charge is 0.243 e. The summed E-state index contributed by atoms with van der Waals surface area (Å²) in [6.07, 6.45) is 4.89. The van der Waals surface area contributed by atoms with Crippen molar-refractivity contribution >= 4 is 10.0 Å². The Morgan fingerprint density at radius 1 is 1.24 bits per heavy atom. The first-order chi connectivity index (χ1) is 11.6. The van der Waals surface area contributed by atoms with E-state index in [4.69, 9.17) is 4.42 Å². The topological polar surface area (TPSA) is 63.4 Å². The van der Waals surface area contributed by atoms with Crippen LogP contribution in [0.1, 0.15) is 40.5 Å². The van der Waals surface area contributed by atoms with Crippen molar-refractivity contribution in [3.63, 3.8) is 0 Å². The van der Waals surface area contributed by atoms with Gasteiger partial charge >= 0.3 is 0 Å². The van der Waals surface area contributed by atoms with Crippen LogP contribution in [-0.4, -0.2) is 30.8 Å². The molecule has 1 aliphatic rings. The molecule has 5 nitrogen and oxygen atoms in total. The molecular weight excluding hydrogens is 336 g/mol. The fourth-order valence-corrected chi connectivity index (χ4v) is 5.50. The third-order valence-electron chi connectivity index (χ3n) is 4.69. The molecule has 136 valence electrons. The van der Waals surface area contributed by atoms with E-state index in [1.54, 1.807) is 34.8 Å². The molecule has 0 radical (unpaired) electrons. The van der Waals surface area contributed by atoms with E-state index in [2.05, 4.69) is 32.7 Å². The van der Waals surface area contributed by atoms with Crippen LogP contribution in [0.2, 0.25) is 0 Å². The second kappa shape index (κ2) is 6.25. The van der Waals surface area contributed by atoms with Gasteiger partial charge in [0.2, 0.25) is 10.0 Å². The normalized spacial score (nSPS) is 22.4. The van der Waals surface area contributed by atoms with Crippen molar-refractivity contribution in [1.82, 2.24) is 9.29 Å². The maximum Gasteiger partial charge on any atom is 0.243 e. The molecular formula is C19H26N2O3S. The standard InChI is InChI=1S/C19H26N2O3S/c1-18(2,3)12-19(4)9-10-21(13-19)25(22,23)16-7-5-15(6-8-16)17-11-20-14-24-17/h5-8,11,14H,9-10,12-13H2,1-4H3. The molecule has 1 atom stereocenters. The van der Waals surface area contributed by atoms with Gasteiger partial charge in [-0.2, -0.15) is 4.31 Å². The van der Waals surface area contributed by atoms with Gasteiger partial charge in [0.1, 0.15) is 0 Å². The van der Waals surface area contributed by atoms with Crippen LogP contribution >= 0.6 is 0 Å². The Kier molecular flexibility index (Phi) is 4.54. The second-order valence-corrected chi connectivity index (χ2v) is 10.5. The Labute approximate surface area is 150 Å². The highest BCUT2D eigenvalue weighted by molar-refractivity contribution is 7.89. The summed E-state index contributed by atoms with van der Waals surface area (Å²) >= 11 is 0. The van der Waals surface area contributed by atoms with Gasteiger partial charge in [0.05, 0.1) is 11.1 Å². The molecule has 3 rings (SSSR count). The van der Waals surface area contributed by atoms with Gasteiger partial charge in [-0.3, -0.25) is 0 Å². The third kappa shape index (κ3) is 3.96. The summed E-state index contributed by atoms with van der Waals surface area (Å²) in [5.41, 5.74) is 1.04. The van der Waals surface area contributed by atoms with E-state index in [0.717, 1.165) is 18.4 Å². The predicted octanol–water partition coefficient (Wildman–Crippen LogP) is 4.18. The van der Waals surface area contributed by atoms with Gasteiger partial charge < -0.3 is 4.42 Å². The minimum atomic E-state index is -3.46. The Morgan fingerprint density at radius 2 is 1.92 bits per heavy atom. The number of hydrogen-bond acceptors (Lipinski definition) is 4. The van der Waals surface area contributed by atoms with Gasteiger partial charge in [-0.05, 0) is 47.9 Å². The van der Waals surface area contributed by atoms with Gasteiger partial charge in [-0.25, -0.2) is 13.4 Å². The lowest BCUT2D eigenvalue weighted by Crippen LogP contribution is -2.32. The van der Waals surface area contributed by atoms with Crippen molar-refractivity contribution in [3.8, 4) is 11.3 Å². The monoisotopic (exact) mass is 362 g/mol. The number of benzene rings is 1. The summed E-state index contributed by atoms with van der Waals surface area (Å²) in [6.45, 7) is 9.98. The first-order valence-corrected chi connectivity index (χ1v) is 10.0. The van der Waals surface area contributed by atoms with Crippen molar-refractivity contribution in [2.24, 2.45) is 10.8 Å². The molecule has 1 aromatic carbocycles. The maximum absolute atomic E-state index is 13.0. The second-order valence-electron chi connectivity index (χ2n) is 8.53. The van der Waals surface area contributed by atoms with Crippen LogP contribution < -0.4 is 0 Å². The Bertz CT molecular complexity index is 821. The zero-order valence-electron chi connectivity index (χ0n) is 15.3. The van der Waals surface area contributed by atoms with Crippen LogP contribution in [0.15, 0.2) is 46.2 Å². The van der Waals surface area contributed by atoms with E-state index in [0.29, 0.717) is 23.7 Å². The van der Waals surface area contributed by atoms with E-state index < -0.39 is 10.0 Å². The van der Waals surface area contributed by atoms with Crippen LogP contribution in [0.25, 0.3) is 11.3 Å².